The maximum absolute atomic E-state index is 12.9. The van der Waals surface area contributed by atoms with Gasteiger partial charge in [-0.3, -0.25) is 4.79 Å². The molecule has 1 amide bonds. The van der Waals surface area contributed by atoms with Crippen molar-refractivity contribution in [1.82, 2.24) is 10.2 Å². The molecule has 0 bridgehead atoms. The molecular weight excluding hydrogens is 202 g/mol. The van der Waals surface area contributed by atoms with E-state index >= 15 is 0 Å². The minimum atomic E-state index is -2.60. The summed E-state index contributed by atoms with van der Waals surface area (Å²) in [5.74, 6) is -2.71. The van der Waals surface area contributed by atoms with Gasteiger partial charge in [-0.15, -0.1) is 0 Å². The largest absolute Gasteiger partial charge is 0.341 e. The van der Waals surface area contributed by atoms with Gasteiger partial charge >= 0.3 is 0 Å². The first-order valence-corrected chi connectivity index (χ1v) is 5.15. The summed E-state index contributed by atoms with van der Waals surface area (Å²) >= 11 is 0. The number of piperidine rings is 1. The van der Waals surface area contributed by atoms with Crippen molar-refractivity contribution in [2.24, 2.45) is 0 Å². The summed E-state index contributed by atoms with van der Waals surface area (Å²) in [6.45, 7) is 3.80. The molecule has 88 valence electrons. The quantitative estimate of drug-likeness (QED) is 0.759. The predicted molar refractivity (Wildman–Crippen MR) is 53.9 cm³/mol. The molecule has 5 heteroatoms. The van der Waals surface area contributed by atoms with E-state index in [0.29, 0.717) is 0 Å². The van der Waals surface area contributed by atoms with E-state index in [0.717, 1.165) is 0 Å². The first-order valence-electron chi connectivity index (χ1n) is 5.15. The molecule has 1 saturated heterocycles. The number of halogens is 2. The summed E-state index contributed by atoms with van der Waals surface area (Å²) < 4.78 is 25.7. The van der Waals surface area contributed by atoms with E-state index in [-0.39, 0.29) is 31.8 Å². The first kappa shape index (κ1) is 12.4. The fourth-order valence-electron chi connectivity index (χ4n) is 1.54. The number of hydrogen-bond donors (Lipinski definition) is 1. The second kappa shape index (κ2) is 4.04. The number of carbonyl (C=O) groups is 1. The van der Waals surface area contributed by atoms with E-state index < -0.39 is 11.5 Å². The van der Waals surface area contributed by atoms with E-state index in [1.54, 1.807) is 20.9 Å². The number of alkyl halides is 2. The maximum Gasteiger partial charge on any atom is 0.251 e. The van der Waals surface area contributed by atoms with Crippen LogP contribution in [0.3, 0.4) is 0 Å². The van der Waals surface area contributed by atoms with E-state index in [9.17, 15) is 13.6 Å². The summed E-state index contributed by atoms with van der Waals surface area (Å²) in [4.78, 5) is 13.4. The van der Waals surface area contributed by atoms with Crippen molar-refractivity contribution in [1.29, 1.82) is 0 Å². The smallest absolute Gasteiger partial charge is 0.251 e. The molecule has 0 radical (unpaired) electrons. The third kappa shape index (κ3) is 2.87. The van der Waals surface area contributed by atoms with Gasteiger partial charge in [0.15, 0.2) is 0 Å². The Morgan fingerprint density at radius 1 is 1.33 bits per heavy atom. The van der Waals surface area contributed by atoms with E-state index in [2.05, 4.69) is 5.32 Å². The molecule has 0 atom stereocenters. The molecule has 0 saturated carbocycles. The molecule has 0 spiro atoms. The number of nitrogens with one attached hydrogen (secondary N) is 1. The van der Waals surface area contributed by atoms with Crippen molar-refractivity contribution in [2.45, 2.75) is 38.2 Å². The van der Waals surface area contributed by atoms with Crippen LogP contribution >= 0.6 is 0 Å². The zero-order chi connectivity index (χ0) is 11.7. The number of likely N-dealkylation sites (tertiary alicyclic amines) is 1. The van der Waals surface area contributed by atoms with E-state index in [1.165, 1.54) is 4.90 Å². The van der Waals surface area contributed by atoms with Gasteiger partial charge in [-0.1, -0.05) is 0 Å². The van der Waals surface area contributed by atoms with Crippen LogP contribution in [0.2, 0.25) is 0 Å². The highest BCUT2D eigenvalue weighted by Crippen LogP contribution is 2.28. The van der Waals surface area contributed by atoms with Gasteiger partial charge in [-0.05, 0) is 20.9 Å². The number of hydrogen-bond acceptors (Lipinski definition) is 2. The van der Waals surface area contributed by atoms with Crippen LogP contribution in [0, 0.1) is 0 Å². The maximum atomic E-state index is 12.9. The molecule has 15 heavy (non-hydrogen) atoms. The Labute approximate surface area is 88.8 Å². The summed E-state index contributed by atoms with van der Waals surface area (Å²) in [7, 11) is 1.69. The van der Waals surface area contributed by atoms with Crippen molar-refractivity contribution in [2.75, 3.05) is 20.1 Å². The van der Waals surface area contributed by atoms with Gasteiger partial charge in [0, 0.05) is 25.9 Å². The summed E-state index contributed by atoms with van der Waals surface area (Å²) in [5.41, 5.74) is -0.674. The SMILES string of the molecule is CNC(C)(C)C(=O)N1CCC(F)(F)CC1. The van der Waals surface area contributed by atoms with Gasteiger partial charge < -0.3 is 10.2 Å². The third-order valence-electron chi connectivity index (χ3n) is 2.94. The Bertz CT molecular complexity index is 244. The van der Waals surface area contributed by atoms with Crippen LogP contribution in [0.5, 0.6) is 0 Å². The third-order valence-corrected chi connectivity index (χ3v) is 2.94. The molecule has 1 heterocycles. The van der Waals surface area contributed by atoms with Gasteiger partial charge in [0.05, 0.1) is 5.54 Å². The Balaban J connectivity index is 2.58. The molecule has 1 rings (SSSR count). The fraction of sp³-hybridized carbons (Fsp3) is 0.900. The van der Waals surface area contributed by atoms with Crippen LogP contribution < -0.4 is 5.32 Å². The molecule has 0 aromatic rings. The first-order chi connectivity index (χ1) is 6.78. The molecule has 0 aromatic carbocycles. The zero-order valence-electron chi connectivity index (χ0n) is 9.44. The summed E-state index contributed by atoms with van der Waals surface area (Å²) in [5, 5.41) is 2.88. The average molecular weight is 220 g/mol. The van der Waals surface area contributed by atoms with E-state index in [4.69, 9.17) is 0 Å². The van der Waals surface area contributed by atoms with Crippen LogP contribution in [0.1, 0.15) is 26.7 Å². The Hall–Kier alpha value is -0.710. The lowest BCUT2D eigenvalue weighted by Gasteiger charge is -2.36. The van der Waals surface area contributed by atoms with Crippen molar-refractivity contribution in [3.63, 3.8) is 0 Å². The minimum absolute atomic E-state index is 0.111. The highest BCUT2D eigenvalue weighted by atomic mass is 19.3. The number of likely N-dealkylation sites (N-methyl/N-ethyl adjacent to an activating group) is 1. The molecule has 0 aliphatic carbocycles. The van der Waals surface area contributed by atoms with Gasteiger partial charge in [-0.2, -0.15) is 0 Å². The normalized spacial score (nSPS) is 21.5. The Morgan fingerprint density at radius 2 is 1.80 bits per heavy atom. The Kier molecular flexibility index (Phi) is 3.33. The van der Waals surface area contributed by atoms with Gasteiger partial charge in [-0.25, -0.2) is 8.78 Å². The monoisotopic (exact) mass is 220 g/mol. The van der Waals surface area contributed by atoms with Crippen LogP contribution in [-0.2, 0) is 4.79 Å². The number of carbonyl (C=O) groups excluding carboxylic acids is 1. The highest BCUT2D eigenvalue weighted by molar-refractivity contribution is 5.85. The van der Waals surface area contributed by atoms with Crippen molar-refractivity contribution >= 4 is 5.91 Å². The lowest BCUT2D eigenvalue weighted by atomic mass is 10.0. The predicted octanol–water partition coefficient (Wildman–Crippen LogP) is 1.24. The molecule has 1 N–H and O–H groups in total. The molecule has 1 aliphatic rings. The van der Waals surface area contributed by atoms with E-state index in [1.807, 2.05) is 0 Å². The fourth-order valence-corrected chi connectivity index (χ4v) is 1.54. The highest BCUT2D eigenvalue weighted by Gasteiger charge is 2.38. The standard InChI is InChI=1S/C10H18F2N2O/c1-9(2,13-3)8(15)14-6-4-10(11,12)5-7-14/h13H,4-7H2,1-3H3. The average Bonchev–Trinajstić information content (AvgIpc) is 2.17. The zero-order valence-corrected chi connectivity index (χ0v) is 9.44. The molecule has 0 unspecified atom stereocenters. The molecule has 0 aromatic heterocycles. The van der Waals surface area contributed by atoms with Crippen molar-refractivity contribution in [3.05, 3.63) is 0 Å². The molecule has 3 nitrogen and oxygen atoms in total. The topological polar surface area (TPSA) is 32.3 Å². The number of rotatable bonds is 2. The van der Waals surface area contributed by atoms with Gasteiger partial charge in [0.2, 0.25) is 5.91 Å². The summed E-state index contributed by atoms with van der Waals surface area (Å²) in [6.07, 6.45) is -0.447. The van der Waals surface area contributed by atoms with Crippen LogP contribution in [0.4, 0.5) is 8.78 Å². The minimum Gasteiger partial charge on any atom is -0.341 e. The van der Waals surface area contributed by atoms with Gasteiger partial charge in [0.1, 0.15) is 0 Å². The Morgan fingerprint density at radius 3 is 2.20 bits per heavy atom. The molecule has 1 fully saturated rings. The van der Waals surface area contributed by atoms with Gasteiger partial charge in [0.25, 0.3) is 5.92 Å². The lowest BCUT2D eigenvalue weighted by Crippen LogP contribution is -2.55. The number of amides is 1. The molecular formula is C10H18F2N2O. The van der Waals surface area contributed by atoms with Crippen LogP contribution in [0.15, 0.2) is 0 Å². The molecule has 1 aliphatic heterocycles. The van der Waals surface area contributed by atoms with Crippen LogP contribution in [0.25, 0.3) is 0 Å². The van der Waals surface area contributed by atoms with Crippen molar-refractivity contribution in [3.8, 4) is 0 Å². The van der Waals surface area contributed by atoms with Crippen molar-refractivity contribution < 1.29 is 13.6 Å². The summed E-state index contributed by atoms with van der Waals surface area (Å²) in [6, 6.07) is 0. The lowest BCUT2D eigenvalue weighted by molar-refractivity contribution is -0.142. The number of nitrogens with zero attached hydrogens (tertiary/aromatic N) is 1. The second-order valence-corrected chi connectivity index (χ2v) is 4.52. The second-order valence-electron chi connectivity index (χ2n) is 4.52. The van der Waals surface area contributed by atoms with Crippen LogP contribution in [-0.4, -0.2) is 42.4 Å².